The Balaban J connectivity index is 1.26. The van der Waals surface area contributed by atoms with Crippen LogP contribution in [-0.2, 0) is 0 Å². The van der Waals surface area contributed by atoms with Crippen molar-refractivity contribution in [1.29, 1.82) is 0 Å². The van der Waals surface area contributed by atoms with Crippen molar-refractivity contribution in [2.45, 2.75) is 56.8 Å². The molecule has 7 rings (SSSR count). The van der Waals surface area contributed by atoms with Crippen molar-refractivity contribution in [3.8, 4) is 17.3 Å². The lowest BCUT2D eigenvalue weighted by Crippen LogP contribution is -2.68. The molecule has 0 atom stereocenters. The van der Waals surface area contributed by atoms with Gasteiger partial charge in [-0.15, -0.1) is 5.10 Å². The summed E-state index contributed by atoms with van der Waals surface area (Å²) in [7, 11) is 0. The van der Waals surface area contributed by atoms with E-state index in [1.165, 1.54) is 25.7 Å². The number of hydrogen-bond donors (Lipinski definition) is 1. The molecule has 3 aromatic rings. The molecule has 9 heteroatoms. The van der Waals surface area contributed by atoms with Gasteiger partial charge in [-0.1, -0.05) is 0 Å². The number of nitrogens with one attached hydrogen (secondary N) is 1. The molecule has 4 aliphatic heterocycles. The molecule has 9 nitrogen and oxygen atoms in total. The van der Waals surface area contributed by atoms with E-state index in [0.29, 0.717) is 30.0 Å². The van der Waals surface area contributed by atoms with Crippen molar-refractivity contribution < 1.29 is 4.74 Å². The summed E-state index contributed by atoms with van der Waals surface area (Å²) in [5, 5.41) is 15.0. The zero-order valence-corrected chi connectivity index (χ0v) is 16.1. The molecule has 0 amide bonds. The largest absolute Gasteiger partial charge is 0.439 e. The van der Waals surface area contributed by atoms with Gasteiger partial charge < -0.3 is 15.0 Å². The molecule has 0 saturated carbocycles. The van der Waals surface area contributed by atoms with Gasteiger partial charge in [0.1, 0.15) is 24.2 Å². The number of piperidine rings is 4. The maximum absolute atomic E-state index is 6.11. The second kappa shape index (κ2) is 6.48. The quantitative estimate of drug-likeness (QED) is 0.723. The molecule has 0 aliphatic carbocycles. The van der Waals surface area contributed by atoms with Crippen molar-refractivity contribution in [2.75, 3.05) is 4.90 Å². The SMILES string of the molecule is Cc1c(Oc2ccc(-n3cnnn3)cc2)ncnc1N1C2CC3CC1CC(C2)N3. The fourth-order valence-corrected chi connectivity index (χ4v) is 5.25. The fraction of sp³-hybridized carbons (Fsp3) is 0.450. The van der Waals surface area contributed by atoms with E-state index in [9.17, 15) is 0 Å². The molecular formula is C20H22N8O. The molecule has 4 fully saturated rings. The average Bonchev–Trinajstić information content (AvgIpc) is 3.25. The zero-order chi connectivity index (χ0) is 19.4. The summed E-state index contributed by atoms with van der Waals surface area (Å²) in [5.74, 6) is 2.35. The lowest BCUT2D eigenvalue weighted by molar-refractivity contribution is 0.133. The van der Waals surface area contributed by atoms with Gasteiger partial charge in [-0.3, -0.25) is 0 Å². The van der Waals surface area contributed by atoms with Crippen LogP contribution in [0.1, 0.15) is 31.2 Å². The average molecular weight is 390 g/mol. The van der Waals surface area contributed by atoms with Gasteiger partial charge in [0.15, 0.2) is 0 Å². The molecule has 4 aliphatic rings. The second-order valence-electron chi connectivity index (χ2n) is 8.20. The zero-order valence-electron chi connectivity index (χ0n) is 16.1. The minimum Gasteiger partial charge on any atom is -0.439 e. The topological polar surface area (TPSA) is 93.9 Å². The standard InChI is InChI=1S/C20H22N8O/c1-12-19(28-16-6-13-7-17(28)9-14(8-16)24-13)21-10-22-20(12)29-18-4-2-15(3-5-18)27-11-23-25-26-27/h2-5,10-11,13-14,16-17,24H,6-9H2,1H3. The molecule has 0 unspecified atom stereocenters. The number of hydrogen-bond acceptors (Lipinski definition) is 8. The Kier molecular flexibility index (Phi) is 3.77. The van der Waals surface area contributed by atoms with Crippen LogP contribution >= 0.6 is 0 Å². The highest BCUT2D eigenvalue weighted by Crippen LogP contribution is 2.43. The van der Waals surface area contributed by atoms with Gasteiger partial charge in [0.2, 0.25) is 5.88 Å². The van der Waals surface area contributed by atoms with E-state index in [1.54, 1.807) is 17.3 Å². The Morgan fingerprint density at radius 3 is 2.38 bits per heavy atom. The highest BCUT2D eigenvalue weighted by atomic mass is 16.5. The van der Waals surface area contributed by atoms with Gasteiger partial charge in [-0.05, 0) is 67.3 Å². The van der Waals surface area contributed by atoms with Gasteiger partial charge in [-0.2, -0.15) is 0 Å². The lowest BCUT2D eigenvalue weighted by atomic mass is 9.74. The van der Waals surface area contributed by atoms with Gasteiger partial charge in [0.05, 0.1) is 11.3 Å². The smallest absolute Gasteiger partial charge is 0.227 e. The van der Waals surface area contributed by atoms with Crippen LogP contribution in [0.5, 0.6) is 11.6 Å². The summed E-state index contributed by atoms with van der Waals surface area (Å²) in [6.07, 6.45) is 7.98. The Labute approximate surface area is 168 Å². The van der Waals surface area contributed by atoms with Gasteiger partial charge in [0, 0.05) is 24.2 Å². The highest BCUT2D eigenvalue weighted by molar-refractivity contribution is 5.54. The maximum Gasteiger partial charge on any atom is 0.227 e. The molecule has 1 N–H and O–H groups in total. The molecule has 1 aromatic carbocycles. The van der Waals surface area contributed by atoms with Crippen LogP contribution in [0, 0.1) is 6.92 Å². The molecular weight excluding hydrogens is 368 g/mol. The summed E-state index contributed by atoms with van der Waals surface area (Å²) < 4.78 is 7.72. The molecule has 6 heterocycles. The van der Waals surface area contributed by atoms with Crippen LogP contribution in [0.3, 0.4) is 0 Å². The Bertz CT molecular complexity index is 991. The minimum absolute atomic E-state index is 0.566. The summed E-state index contributed by atoms with van der Waals surface area (Å²) in [6, 6.07) is 10.1. The third kappa shape index (κ3) is 2.84. The third-order valence-electron chi connectivity index (χ3n) is 6.41. The van der Waals surface area contributed by atoms with E-state index in [-0.39, 0.29) is 0 Å². The van der Waals surface area contributed by atoms with Gasteiger partial charge in [0.25, 0.3) is 0 Å². The number of ether oxygens (including phenoxy) is 1. The fourth-order valence-electron chi connectivity index (χ4n) is 5.25. The Hall–Kier alpha value is -3.07. The van der Waals surface area contributed by atoms with E-state index in [2.05, 4.69) is 42.6 Å². The summed E-state index contributed by atoms with van der Waals surface area (Å²) in [5.41, 5.74) is 1.87. The number of anilines is 1. The van der Waals surface area contributed by atoms with E-state index in [1.807, 2.05) is 24.3 Å². The number of tetrazole rings is 1. The Morgan fingerprint density at radius 2 is 1.72 bits per heavy atom. The van der Waals surface area contributed by atoms with Gasteiger partial charge >= 0.3 is 0 Å². The van der Waals surface area contributed by atoms with E-state index in [0.717, 1.165) is 22.8 Å². The van der Waals surface area contributed by atoms with Crippen molar-refractivity contribution in [2.24, 2.45) is 0 Å². The molecule has 148 valence electrons. The maximum atomic E-state index is 6.11. The first kappa shape index (κ1) is 16.8. The van der Waals surface area contributed by atoms with Crippen LogP contribution in [-0.4, -0.2) is 54.3 Å². The first-order chi connectivity index (χ1) is 14.2. The van der Waals surface area contributed by atoms with Crippen LogP contribution in [0.25, 0.3) is 5.69 Å². The number of aromatic nitrogens is 6. The monoisotopic (exact) mass is 390 g/mol. The van der Waals surface area contributed by atoms with Crippen molar-refractivity contribution in [3.63, 3.8) is 0 Å². The van der Waals surface area contributed by atoms with Crippen LogP contribution in [0.4, 0.5) is 5.82 Å². The van der Waals surface area contributed by atoms with Crippen LogP contribution in [0.15, 0.2) is 36.9 Å². The van der Waals surface area contributed by atoms with Crippen molar-refractivity contribution in [3.05, 3.63) is 42.5 Å². The normalized spacial score (nSPS) is 27.4. The minimum atomic E-state index is 0.566. The molecule has 0 radical (unpaired) electrons. The molecule has 4 bridgehead atoms. The van der Waals surface area contributed by atoms with Crippen molar-refractivity contribution in [1.82, 2.24) is 35.5 Å². The summed E-state index contributed by atoms with van der Waals surface area (Å²) >= 11 is 0. The van der Waals surface area contributed by atoms with E-state index in [4.69, 9.17) is 4.74 Å². The third-order valence-corrected chi connectivity index (χ3v) is 6.41. The molecule has 4 saturated heterocycles. The first-order valence-corrected chi connectivity index (χ1v) is 10.1. The predicted molar refractivity (Wildman–Crippen MR) is 105 cm³/mol. The van der Waals surface area contributed by atoms with Gasteiger partial charge in [-0.25, -0.2) is 14.6 Å². The molecule has 2 aromatic heterocycles. The number of nitrogens with zero attached hydrogens (tertiary/aromatic N) is 7. The molecule has 29 heavy (non-hydrogen) atoms. The first-order valence-electron chi connectivity index (χ1n) is 10.1. The second-order valence-corrected chi connectivity index (χ2v) is 8.20. The van der Waals surface area contributed by atoms with Crippen LogP contribution < -0.4 is 15.0 Å². The summed E-state index contributed by atoms with van der Waals surface area (Å²) in [4.78, 5) is 11.6. The predicted octanol–water partition coefficient (Wildman–Crippen LogP) is 2.02. The number of benzene rings is 1. The van der Waals surface area contributed by atoms with Crippen LogP contribution in [0.2, 0.25) is 0 Å². The van der Waals surface area contributed by atoms with E-state index >= 15 is 0 Å². The molecule has 0 spiro atoms. The Morgan fingerprint density at radius 1 is 1.00 bits per heavy atom. The van der Waals surface area contributed by atoms with Crippen molar-refractivity contribution >= 4 is 5.82 Å². The van der Waals surface area contributed by atoms with E-state index < -0.39 is 0 Å². The highest BCUT2D eigenvalue weighted by Gasteiger charge is 2.47. The number of rotatable bonds is 4. The summed E-state index contributed by atoms with van der Waals surface area (Å²) in [6.45, 7) is 2.06. The lowest BCUT2D eigenvalue weighted by Gasteiger charge is -2.57.